The summed E-state index contributed by atoms with van der Waals surface area (Å²) >= 11 is 0. The van der Waals surface area contributed by atoms with E-state index in [0.29, 0.717) is 36.0 Å². The predicted molar refractivity (Wildman–Crippen MR) is 128 cm³/mol. The van der Waals surface area contributed by atoms with Gasteiger partial charge in [0.25, 0.3) is 0 Å². The van der Waals surface area contributed by atoms with Crippen molar-refractivity contribution < 1.29 is 14.3 Å². The minimum Gasteiger partial charge on any atom is -0.493 e. The highest BCUT2D eigenvalue weighted by atomic mass is 16.5. The molecule has 0 radical (unpaired) electrons. The molecule has 0 saturated carbocycles. The fourth-order valence-corrected chi connectivity index (χ4v) is 3.29. The number of benzene rings is 2. The van der Waals surface area contributed by atoms with Gasteiger partial charge in [-0.15, -0.1) is 0 Å². The first kappa shape index (κ1) is 21.8. The lowest BCUT2D eigenvalue weighted by Crippen LogP contribution is -2.19. The van der Waals surface area contributed by atoms with Crippen LogP contribution in [-0.2, 0) is 6.42 Å². The number of carbonyl (C=O) groups excluding carboxylic acids is 1. The van der Waals surface area contributed by atoms with Crippen LogP contribution in [0, 0.1) is 0 Å². The Morgan fingerprint density at radius 2 is 1.64 bits per heavy atom. The van der Waals surface area contributed by atoms with Crippen LogP contribution in [0.4, 0.5) is 22.0 Å². The highest BCUT2D eigenvalue weighted by molar-refractivity contribution is 5.99. The number of nitrogens with zero attached hydrogens (tertiary/aromatic N) is 3. The summed E-state index contributed by atoms with van der Waals surface area (Å²) in [6, 6.07) is 16.3. The van der Waals surface area contributed by atoms with Gasteiger partial charge in [0.15, 0.2) is 11.5 Å². The van der Waals surface area contributed by atoms with E-state index in [1.807, 2.05) is 54.6 Å². The highest BCUT2D eigenvalue weighted by Crippen LogP contribution is 2.33. The lowest BCUT2D eigenvalue weighted by Gasteiger charge is -2.12. The van der Waals surface area contributed by atoms with Crippen molar-refractivity contribution in [2.45, 2.75) is 6.42 Å². The number of fused-ring (bicyclic) bond motifs is 1. The molecule has 2 aromatic heterocycles. The van der Waals surface area contributed by atoms with Gasteiger partial charge in [-0.1, -0.05) is 18.2 Å². The summed E-state index contributed by atoms with van der Waals surface area (Å²) in [4.78, 5) is 25.2. The Morgan fingerprint density at radius 3 is 2.36 bits per heavy atom. The number of methoxy groups -OCH3 is 2. The Bertz CT molecular complexity index is 1230. The molecular weight excluding hydrogens is 420 g/mol. The minimum absolute atomic E-state index is 0.319. The van der Waals surface area contributed by atoms with Crippen molar-refractivity contribution in [3.8, 4) is 11.5 Å². The average molecular weight is 444 g/mol. The Kier molecular flexibility index (Phi) is 6.79. The number of rotatable bonds is 8. The van der Waals surface area contributed by atoms with Gasteiger partial charge >= 0.3 is 6.03 Å². The standard InChI is InChI=1S/C24H24N6O3/c1-32-21-12-19-20(13-22(21)33-2)27-15-28-23(19)25-11-10-16-8-9-18(14-26-16)30-24(31)29-17-6-4-3-5-7-17/h3-9,12-15H,10-11H2,1-2H3,(H,25,27,28)(H2,29,30,31). The molecule has 0 saturated heterocycles. The predicted octanol–water partition coefficient (Wildman–Crippen LogP) is 4.34. The van der Waals surface area contributed by atoms with Crippen LogP contribution in [0.1, 0.15) is 5.69 Å². The molecule has 2 heterocycles. The molecule has 0 unspecified atom stereocenters. The summed E-state index contributed by atoms with van der Waals surface area (Å²) in [5, 5.41) is 9.72. The van der Waals surface area contributed by atoms with Crippen LogP contribution in [-0.4, -0.2) is 41.7 Å². The smallest absolute Gasteiger partial charge is 0.323 e. The third-order valence-corrected chi connectivity index (χ3v) is 4.93. The van der Waals surface area contributed by atoms with E-state index >= 15 is 0 Å². The molecule has 2 amide bonds. The summed E-state index contributed by atoms with van der Waals surface area (Å²) in [7, 11) is 3.18. The number of nitrogens with one attached hydrogen (secondary N) is 3. The summed E-state index contributed by atoms with van der Waals surface area (Å²) in [6.07, 6.45) is 3.82. The Labute approximate surface area is 191 Å². The zero-order valence-corrected chi connectivity index (χ0v) is 18.3. The van der Waals surface area contributed by atoms with Gasteiger partial charge in [0.2, 0.25) is 0 Å². The van der Waals surface area contributed by atoms with Crippen LogP contribution in [0.3, 0.4) is 0 Å². The second-order valence-corrected chi connectivity index (χ2v) is 7.11. The maximum atomic E-state index is 12.1. The summed E-state index contributed by atoms with van der Waals surface area (Å²) in [5.74, 6) is 1.94. The Morgan fingerprint density at radius 1 is 0.879 bits per heavy atom. The van der Waals surface area contributed by atoms with Gasteiger partial charge in [-0.25, -0.2) is 14.8 Å². The molecule has 0 aliphatic carbocycles. The van der Waals surface area contributed by atoms with Crippen molar-refractivity contribution in [1.29, 1.82) is 0 Å². The van der Waals surface area contributed by atoms with E-state index in [1.165, 1.54) is 6.33 Å². The van der Waals surface area contributed by atoms with E-state index in [4.69, 9.17) is 9.47 Å². The number of carbonyl (C=O) groups is 1. The first-order valence-electron chi connectivity index (χ1n) is 10.3. The monoisotopic (exact) mass is 444 g/mol. The number of hydrogen-bond donors (Lipinski definition) is 3. The van der Waals surface area contributed by atoms with E-state index in [-0.39, 0.29) is 6.03 Å². The molecule has 0 spiro atoms. The van der Waals surface area contributed by atoms with Crippen molar-refractivity contribution in [2.24, 2.45) is 0 Å². The van der Waals surface area contributed by atoms with Gasteiger partial charge in [0.05, 0.1) is 31.6 Å². The lowest BCUT2D eigenvalue weighted by atomic mass is 10.2. The average Bonchev–Trinajstić information content (AvgIpc) is 2.85. The van der Waals surface area contributed by atoms with Gasteiger partial charge in [0.1, 0.15) is 12.1 Å². The Balaban J connectivity index is 1.34. The van der Waals surface area contributed by atoms with Gasteiger partial charge in [-0.3, -0.25) is 4.98 Å². The number of anilines is 3. The topological polar surface area (TPSA) is 110 Å². The Hall–Kier alpha value is -4.40. The molecule has 4 aromatic rings. The number of para-hydroxylation sites is 1. The molecule has 2 aromatic carbocycles. The second kappa shape index (κ2) is 10.3. The van der Waals surface area contributed by atoms with Gasteiger partial charge in [-0.2, -0.15) is 0 Å². The number of pyridine rings is 1. The highest BCUT2D eigenvalue weighted by Gasteiger charge is 2.11. The van der Waals surface area contributed by atoms with Crippen molar-refractivity contribution in [2.75, 3.05) is 36.7 Å². The molecule has 168 valence electrons. The molecule has 4 rings (SSSR count). The van der Waals surface area contributed by atoms with Gasteiger partial charge in [-0.05, 0) is 30.3 Å². The van der Waals surface area contributed by atoms with E-state index in [2.05, 4.69) is 30.9 Å². The molecule has 0 aliphatic heterocycles. The van der Waals surface area contributed by atoms with Crippen LogP contribution in [0.25, 0.3) is 10.9 Å². The fraction of sp³-hybridized carbons (Fsp3) is 0.167. The second-order valence-electron chi connectivity index (χ2n) is 7.11. The number of aromatic nitrogens is 3. The van der Waals surface area contributed by atoms with Crippen molar-refractivity contribution in [3.05, 3.63) is 72.8 Å². The van der Waals surface area contributed by atoms with Gasteiger partial charge in [0, 0.05) is 35.8 Å². The number of hydrogen-bond acceptors (Lipinski definition) is 7. The maximum absolute atomic E-state index is 12.1. The molecule has 9 nitrogen and oxygen atoms in total. The number of amides is 2. The van der Waals surface area contributed by atoms with Crippen molar-refractivity contribution in [3.63, 3.8) is 0 Å². The fourth-order valence-electron chi connectivity index (χ4n) is 3.29. The quantitative estimate of drug-likeness (QED) is 0.371. The zero-order valence-electron chi connectivity index (χ0n) is 18.3. The maximum Gasteiger partial charge on any atom is 0.323 e. The van der Waals surface area contributed by atoms with Crippen molar-refractivity contribution >= 4 is 34.1 Å². The number of ether oxygens (including phenoxy) is 2. The van der Waals surface area contributed by atoms with E-state index in [0.717, 1.165) is 22.3 Å². The SMILES string of the molecule is COc1cc2ncnc(NCCc3ccc(NC(=O)Nc4ccccc4)cn3)c2cc1OC. The van der Waals surface area contributed by atoms with E-state index < -0.39 is 0 Å². The third-order valence-electron chi connectivity index (χ3n) is 4.93. The molecule has 3 N–H and O–H groups in total. The first-order chi connectivity index (χ1) is 16.2. The van der Waals surface area contributed by atoms with E-state index in [9.17, 15) is 4.79 Å². The molecule has 9 heteroatoms. The molecule has 0 bridgehead atoms. The summed E-state index contributed by atoms with van der Waals surface area (Å²) in [5.41, 5.74) is 2.98. The molecule has 0 fully saturated rings. The summed E-state index contributed by atoms with van der Waals surface area (Å²) in [6.45, 7) is 0.620. The van der Waals surface area contributed by atoms with Gasteiger partial charge < -0.3 is 25.4 Å². The largest absolute Gasteiger partial charge is 0.493 e. The van der Waals surface area contributed by atoms with E-state index in [1.54, 1.807) is 20.4 Å². The first-order valence-corrected chi connectivity index (χ1v) is 10.3. The number of urea groups is 1. The van der Waals surface area contributed by atoms with Crippen LogP contribution in [0.2, 0.25) is 0 Å². The van der Waals surface area contributed by atoms with Crippen LogP contribution in [0.5, 0.6) is 11.5 Å². The van der Waals surface area contributed by atoms with Crippen LogP contribution in [0.15, 0.2) is 67.1 Å². The third kappa shape index (κ3) is 5.45. The summed E-state index contributed by atoms with van der Waals surface area (Å²) < 4.78 is 10.7. The molecule has 0 aliphatic rings. The van der Waals surface area contributed by atoms with Crippen LogP contribution >= 0.6 is 0 Å². The van der Waals surface area contributed by atoms with Crippen LogP contribution < -0.4 is 25.4 Å². The molecule has 0 atom stereocenters. The lowest BCUT2D eigenvalue weighted by molar-refractivity contribution is 0.262. The molecular formula is C24H24N6O3. The minimum atomic E-state index is -0.319. The zero-order chi connectivity index (χ0) is 23.0. The molecule has 33 heavy (non-hydrogen) atoms. The normalized spacial score (nSPS) is 10.5. The van der Waals surface area contributed by atoms with Crippen molar-refractivity contribution in [1.82, 2.24) is 15.0 Å².